The van der Waals surface area contributed by atoms with E-state index in [0.29, 0.717) is 17.9 Å². The molecule has 2 heterocycles. The van der Waals surface area contributed by atoms with Gasteiger partial charge in [0.1, 0.15) is 0 Å². The van der Waals surface area contributed by atoms with Crippen molar-refractivity contribution in [1.29, 1.82) is 0 Å². The molecule has 184 valence electrons. The van der Waals surface area contributed by atoms with Gasteiger partial charge in [0, 0.05) is 77.1 Å². The van der Waals surface area contributed by atoms with Crippen molar-refractivity contribution in [2.75, 3.05) is 64.3 Å². The minimum absolute atomic E-state index is 0. The van der Waals surface area contributed by atoms with E-state index in [1.54, 1.807) is 0 Å². The van der Waals surface area contributed by atoms with Crippen LogP contribution in [0.3, 0.4) is 0 Å². The Kier molecular flexibility index (Phi) is 10.6. The second kappa shape index (κ2) is 13.4. The van der Waals surface area contributed by atoms with Gasteiger partial charge in [0.2, 0.25) is 5.91 Å². The second-order valence-corrected chi connectivity index (χ2v) is 9.39. The van der Waals surface area contributed by atoms with E-state index in [2.05, 4.69) is 60.7 Å². The van der Waals surface area contributed by atoms with E-state index < -0.39 is 0 Å². The Bertz CT molecular complexity index is 739. The van der Waals surface area contributed by atoms with Crippen LogP contribution >= 0.6 is 24.0 Å². The third kappa shape index (κ3) is 7.47. The highest BCUT2D eigenvalue weighted by atomic mass is 127. The number of nitrogens with one attached hydrogen (secondary N) is 2. The number of anilines is 1. The smallest absolute Gasteiger partial charge is 0.225 e. The molecule has 2 N–H and O–H groups in total. The van der Waals surface area contributed by atoms with Crippen LogP contribution in [-0.2, 0) is 4.79 Å². The first-order chi connectivity index (χ1) is 15.7. The number of halogens is 1. The molecule has 1 aromatic rings. The number of aliphatic imine (C=N–C) groups is 1. The Balaban J connectivity index is 0.00000306. The predicted octanol–water partition coefficient (Wildman–Crippen LogP) is 2.77. The van der Waals surface area contributed by atoms with Crippen molar-refractivity contribution in [3.63, 3.8) is 0 Å². The van der Waals surface area contributed by atoms with Crippen LogP contribution < -0.4 is 15.5 Å². The summed E-state index contributed by atoms with van der Waals surface area (Å²) in [6.45, 7) is 7.71. The Morgan fingerprint density at radius 3 is 2.27 bits per heavy atom. The first kappa shape index (κ1) is 26.1. The summed E-state index contributed by atoms with van der Waals surface area (Å²) in [5, 5.41) is 7.10. The Morgan fingerprint density at radius 1 is 0.970 bits per heavy atom. The van der Waals surface area contributed by atoms with Gasteiger partial charge >= 0.3 is 0 Å². The van der Waals surface area contributed by atoms with Gasteiger partial charge in [-0.2, -0.15) is 0 Å². The summed E-state index contributed by atoms with van der Waals surface area (Å²) in [4.78, 5) is 24.1. The minimum atomic E-state index is 0. The fourth-order valence-corrected chi connectivity index (χ4v) is 5.26. The van der Waals surface area contributed by atoms with Gasteiger partial charge in [0.05, 0.1) is 0 Å². The lowest BCUT2D eigenvalue weighted by molar-refractivity contribution is -0.137. The number of rotatable bonds is 6. The molecule has 0 radical (unpaired) electrons. The molecule has 0 atom stereocenters. The van der Waals surface area contributed by atoms with Crippen LogP contribution in [0.5, 0.6) is 0 Å². The quantitative estimate of drug-likeness (QED) is 0.314. The van der Waals surface area contributed by atoms with Crippen molar-refractivity contribution in [2.24, 2.45) is 10.9 Å². The Morgan fingerprint density at radius 2 is 1.64 bits per heavy atom. The SMILES string of the molecule is CN=C(NCCN1CCN(C(=O)C2CCCC2)CC1)NC1CCN(c2ccccc2)CC1.I. The van der Waals surface area contributed by atoms with Crippen LogP contribution in [0.25, 0.3) is 0 Å². The molecule has 8 heteroatoms. The highest BCUT2D eigenvalue weighted by molar-refractivity contribution is 14.0. The number of carbonyl (C=O) groups is 1. The minimum Gasteiger partial charge on any atom is -0.371 e. The number of para-hydroxylation sites is 1. The molecule has 0 bridgehead atoms. The predicted molar refractivity (Wildman–Crippen MR) is 147 cm³/mol. The second-order valence-electron chi connectivity index (χ2n) is 9.39. The number of piperazine rings is 1. The molecule has 1 saturated carbocycles. The topological polar surface area (TPSA) is 63.2 Å². The first-order valence-corrected chi connectivity index (χ1v) is 12.5. The zero-order valence-corrected chi connectivity index (χ0v) is 22.4. The van der Waals surface area contributed by atoms with E-state index in [1.807, 2.05) is 7.05 Å². The van der Waals surface area contributed by atoms with Crippen molar-refractivity contribution in [1.82, 2.24) is 20.4 Å². The van der Waals surface area contributed by atoms with Crippen LogP contribution in [0.4, 0.5) is 5.69 Å². The number of benzene rings is 1. The van der Waals surface area contributed by atoms with Gasteiger partial charge in [-0.1, -0.05) is 31.0 Å². The third-order valence-corrected chi connectivity index (χ3v) is 7.29. The van der Waals surface area contributed by atoms with E-state index in [9.17, 15) is 4.79 Å². The van der Waals surface area contributed by atoms with Gasteiger partial charge in [0.15, 0.2) is 5.96 Å². The number of carbonyl (C=O) groups excluding carboxylic acids is 1. The molecule has 3 fully saturated rings. The summed E-state index contributed by atoms with van der Waals surface area (Å²) in [5.74, 6) is 1.61. The average molecular weight is 569 g/mol. The lowest BCUT2D eigenvalue weighted by Crippen LogP contribution is -2.53. The molecular weight excluding hydrogens is 527 g/mol. The first-order valence-electron chi connectivity index (χ1n) is 12.5. The van der Waals surface area contributed by atoms with Crippen molar-refractivity contribution in [3.05, 3.63) is 30.3 Å². The molecule has 0 unspecified atom stereocenters. The molecule has 2 aliphatic heterocycles. The van der Waals surface area contributed by atoms with E-state index >= 15 is 0 Å². The number of nitrogens with zero attached hydrogens (tertiary/aromatic N) is 4. The number of hydrogen-bond acceptors (Lipinski definition) is 4. The van der Waals surface area contributed by atoms with Crippen molar-refractivity contribution in [2.45, 2.75) is 44.6 Å². The Labute approximate surface area is 216 Å². The molecular formula is C25H41IN6O. The summed E-state index contributed by atoms with van der Waals surface area (Å²) >= 11 is 0. The largest absolute Gasteiger partial charge is 0.371 e. The van der Waals surface area contributed by atoms with Crippen LogP contribution in [0, 0.1) is 5.92 Å². The number of amides is 1. The van der Waals surface area contributed by atoms with Crippen molar-refractivity contribution < 1.29 is 4.79 Å². The highest BCUT2D eigenvalue weighted by Gasteiger charge is 2.29. The fourth-order valence-electron chi connectivity index (χ4n) is 5.26. The van der Waals surface area contributed by atoms with Crippen LogP contribution in [0.1, 0.15) is 38.5 Å². The van der Waals surface area contributed by atoms with Crippen LogP contribution in [0.15, 0.2) is 35.3 Å². The fraction of sp³-hybridized carbons (Fsp3) is 0.680. The van der Waals surface area contributed by atoms with Crippen molar-refractivity contribution in [3.8, 4) is 0 Å². The summed E-state index contributed by atoms with van der Waals surface area (Å²) in [6, 6.07) is 11.1. The van der Waals surface area contributed by atoms with E-state index in [4.69, 9.17) is 0 Å². The number of guanidine groups is 1. The molecule has 7 nitrogen and oxygen atoms in total. The zero-order chi connectivity index (χ0) is 22.2. The van der Waals surface area contributed by atoms with E-state index in [-0.39, 0.29) is 24.0 Å². The van der Waals surface area contributed by atoms with Crippen LogP contribution in [-0.4, -0.2) is 87.1 Å². The molecule has 1 amide bonds. The summed E-state index contributed by atoms with van der Waals surface area (Å²) in [5.41, 5.74) is 1.32. The van der Waals surface area contributed by atoms with Crippen molar-refractivity contribution >= 4 is 41.5 Å². The molecule has 33 heavy (non-hydrogen) atoms. The van der Waals surface area contributed by atoms with Gasteiger partial charge < -0.3 is 20.4 Å². The normalized spacial score (nSPS) is 21.1. The average Bonchev–Trinajstić information content (AvgIpc) is 3.39. The third-order valence-electron chi connectivity index (χ3n) is 7.29. The highest BCUT2D eigenvalue weighted by Crippen LogP contribution is 2.27. The maximum Gasteiger partial charge on any atom is 0.225 e. The van der Waals surface area contributed by atoms with Gasteiger partial charge in [-0.25, -0.2) is 0 Å². The molecule has 1 aromatic carbocycles. The van der Waals surface area contributed by atoms with E-state index in [0.717, 1.165) is 84.0 Å². The molecule has 3 aliphatic rings. The van der Waals surface area contributed by atoms with Gasteiger partial charge in [-0.05, 0) is 37.8 Å². The molecule has 0 spiro atoms. The maximum atomic E-state index is 12.6. The monoisotopic (exact) mass is 568 g/mol. The van der Waals surface area contributed by atoms with Gasteiger partial charge in [-0.3, -0.25) is 14.7 Å². The lowest BCUT2D eigenvalue weighted by atomic mass is 10.0. The zero-order valence-electron chi connectivity index (χ0n) is 20.0. The van der Waals surface area contributed by atoms with E-state index in [1.165, 1.54) is 18.5 Å². The number of hydrogen-bond donors (Lipinski definition) is 2. The summed E-state index contributed by atoms with van der Waals surface area (Å²) in [7, 11) is 1.85. The molecule has 0 aromatic heterocycles. The molecule has 1 aliphatic carbocycles. The van der Waals surface area contributed by atoms with Gasteiger partial charge in [-0.15, -0.1) is 24.0 Å². The number of piperidine rings is 1. The van der Waals surface area contributed by atoms with Gasteiger partial charge in [0.25, 0.3) is 0 Å². The standard InChI is InChI=1S/C25H40N6O.HI/c1-26-25(28-22-11-14-30(15-12-22)23-9-3-2-4-10-23)27-13-16-29-17-19-31(20-18-29)24(32)21-7-5-6-8-21;/h2-4,9-10,21-22H,5-8,11-20H2,1H3,(H2,26,27,28);1H. The Hall–Kier alpha value is -1.55. The maximum absolute atomic E-state index is 12.6. The summed E-state index contributed by atoms with van der Waals surface area (Å²) in [6.07, 6.45) is 6.88. The summed E-state index contributed by atoms with van der Waals surface area (Å²) < 4.78 is 0. The molecule has 2 saturated heterocycles. The van der Waals surface area contributed by atoms with Crippen LogP contribution in [0.2, 0.25) is 0 Å². The molecule has 4 rings (SSSR count). The lowest BCUT2D eigenvalue weighted by Gasteiger charge is -2.36.